The molecule has 1 aliphatic rings. The molecule has 0 aromatic rings. The maximum absolute atomic E-state index is 5.83. The van der Waals surface area contributed by atoms with Crippen LogP contribution >= 0.6 is 0 Å². The maximum atomic E-state index is 5.83. The average Bonchev–Trinajstić information content (AvgIpc) is 2.36. The third-order valence-corrected chi connectivity index (χ3v) is 2.06. The Bertz CT molecular complexity index is 236. The predicted molar refractivity (Wildman–Crippen MR) is 52.4 cm³/mol. The van der Waals surface area contributed by atoms with Crippen LogP contribution in [0.25, 0.3) is 0 Å². The largest absolute Gasteiger partial charge is 0.385 e. The van der Waals surface area contributed by atoms with E-state index in [-0.39, 0.29) is 0 Å². The number of rotatable bonds is 2. The highest BCUT2D eigenvalue weighted by Gasteiger charge is 2.13. The summed E-state index contributed by atoms with van der Waals surface area (Å²) in [5.74, 6) is 0.913. The van der Waals surface area contributed by atoms with Crippen molar-refractivity contribution in [2.75, 3.05) is 13.6 Å². The van der Waals surface area contributed by atoms with Crippen molar-refractivity contribution in [2.24, 2.45) is 5.73 Å². The highest BCUT2D eigenvalue weighted by atomic mass is 15.2. The summed E-state index contributed by atoms with van der Waals surface area (Å²) in [6.45, 7) is 3.05. The van der Waals surface area contributed by atoms with Gasteiger partial charge in [-0.2, -0.15) is 0 Å². The van der Waals surface area contributed by atoms with Crippen LogP contribution in [0.5, 0.6) is 0 Å². The van der Waals surface area contributed by atoms with Gasteiger partial charge in [0.25, 0.3) is 0 Å². The Morgan fingerprint density at radius 3 is 2.67 bits per heavy atom. The third-order valence-electron chi connectivity index (χ3n) is 2.06. The lowest BCUT2D eigenvalue weighted by molar-refractivity contribution is 0.454. The van der Waals surface area contributed by atoms with Gasteiger partial charge in [0.2, 0.25) is 0 Å². The number of nitrogens with zero attached hydrogens (tertiary/aromatic N) is 1. The van der Waals surface area contributed by atoms with Gasteiger partial charge in [-0.25, -0.2) is 0 Å². The molecule has 1 aliphatic heterocycles. The van der Waals surface area contributed by atoms with E-state index in [1.54, 1.807) is 0 Å². The summed E-state index contributed by atoms with van der Waals surface area (Å²) in [7, 11) is 2.02. The second-order valence-electron chi connectivity index (χ2n) is 2.97. The zero-order valence-corrected chi connectivity index (χ0v) is 7.75. The first-order valence-electron chi connectivity index (χ1n) is 4.25. The number of hydrogen-bond donors (Lipinski definition) is 1. The fourth-order valence-electron chi connectivity index (χ4n) is 1.23. The minimum atomic E-state index is 0.913. The SMILES string of the molecule is C/C=C\C=C/C1=C(N)N(C)CC1. The molecule has 0 bridgehead atoms. The lowest BCUT2D eigenvalue weighted by atomic mass is 10.2. The zero-order chi connectivity index (χ0) is 8.97. The Morgan fingerprint density at radius 1 is 1.42 bits per heavy atom. The molecule has 12 heavy (non-hydrogen) atoms. The fourth-order valence-corrected chi connectivity index (χ4v) is 1.23. The highest BCUT2D eigenvalue weighted by molar-refractivity contribution is 5.29. The highest BCUT2D eigenvalue weighted by Crippen LogP contribution is 2.17. The van der Waals surface area contributed by atoms with E-state index < -0.39 is 0 Å². The molecule has 0 aliphatic carbocycles. The molecule has 2 heteroatoms. The number of allylic oxidation sites excluding steroid dienone is 4. The van der Waals surface area contributed by atoms with Gasteiger partial charge in [0, 0.05) is 13.6 Å². The second kappa shape index (κ2) is 4.00. The molecule has 2 nitrogen and oxygen atoms in total. The fraction of sp³-hybridized carbons (Fsp3) is 0.400. The molecule has 66 valence electrons. The van der Waals surface area contributed by atoms with Crippen LogP contribution in [0.1, 0.15) is 13.3 Å². The van der Waals surface area contributed by atoms with Crippen LogP contribution < -0.4 is 5.73 Å². The molecule has 2 N–H and O–H groups in total. The first-order valence-corrected chi connectivity index (χ1v) is 4.25. The van der Waals surface area contributed by atoms with Gasteiger partial charge in [-0.05, 0) is 18.9 Å². The zero-order valence-electron chi connectivity index (χ0n) is 7.75. The van der Waals surface area contributed by atoms with Crippen LogP contribution in [0.15, 0.2) is 35.7 Å². The van der Waals surface area contributed by atoms with Crippen LogP contribution in [0.3, 0.4) is 0 Å². The Balaban J connectivity index is 2.64. The molecule has 1 heterocycles. The minimum Gasteiger partial charge on any atom is -0.385 e. The Labute approximate surface area is 74.0 Å². The Kier molecular flexibility index (Phi) is 2.97. The van der Waals surface area contributed by atoms with Crippen LogP contribution in [0.2, 0.25) is 0 Å². The number of hydrogen-bond acceptors (Lipinski definition) is 2. The molecular weight excluding hydrogens is 148 g/mol. The minimum absolute atomic E-state index is 0.913. The first kappa shape index (κ1) is 8.91. The van der Waals surface area contributed by atoms with Crippen molar-refractivity contribution in [3.63, 3.8) is 0 Å². The Morgan fingerprint density at radius 2 is 2.17 bits per heavy atom. The van der Waals surface area contributed by atoms with E-state index in [4.69, 9.17) is 5.73 Å². The molecule has 0 fully saturated rings. The number of nitrogens with two attached hydrogens (primary N) is 1. The first-order chi connectivity index (χ1) is 5.75. The molecule has 0 aromatic carbocycles. The standard InChI is InChI=1S/C10H16N2/c1-3-4-5-6-9-7-8-12(2)10(9)11/h3-6H,7-8,11H2,1-2H3/b4-3-,6-5-. The summed E-state index contributed by atoms with van der Waals surface area (Å²) in [5.41, 5.74) is 7.08. The van der Waals surface area contributed by atoms with E-state index in [0.717, 1.165) is 18.8 Å². The van der Waals surface area contributed by atoms with E-state index in [9.17, 15) is 0 Å². The van der Waals surface area contributed by atoms with Gasteiger partial charge in [-0.1, -0.05) is 24.3 Å². The van der Waals surface area contributed by atoms with E-state index in [1.165, 1.54) is 5.57 Å². The van der Waals surface area contributed by atoms with Crippen molar-refractivity contribution in [1.29, 1.82) is 0 Å². The van der Waals surface area contributed by atoms with Crippen LogP contribution in [0, 0.1) is 0 Å². The average molecular weight is 164 g/mol. The summed E-state index contributed by atoms with van der Waals surface area (Å²) < 4.78 is 0. The molecule has 0 unspecified atom stereocenters. The monoisotopic (exact) mass is 164 g/mol. The summed E-state index contributed by atoms with van der Waals surface area (Å²) in [6, 6.07) is 0. The molecule has 0 aromatic heterocycles. The van der Waals surface area contributed by atoms with Crippen LogP contribution in [0.4, 0.5) is 0 Å². The topological polar surface area (TPSA) is 29.3 Å². The molecule has 0 atom stereocenters. The summed E-state index contributed by atoms with van der Waals surface area (Å²) in [4.78, 5) is 2.08. The normalized spacial score (nSPS) is 19.0. The van der Waals surface area contributed by atoms with Gasteiger partial charge in [-0.3, -0.25) is 0 Å². The molecule has 1 rings (SSSR count). The predicted octanol–water partition coefficient (Wildman–Crippen LogP) is 1.62. The van der Waals surface area contributed by atoms with Crippen molar-refractivity contribution >= 4 is 0 Å². The molecule has 0 amide bonds. The van der Waals surface area contributed by atoms with Gasteiger partial charge in [0.15, 0.2) is 0 Å². The molecule has 0 saturated heterocycles. The summed E-state index contributed by atoms with van der Waals surface area (Å²) in [5, 5.41) is 0. The van der Waals surface area contributed by atoms with Crippen molar-refractivity contribution in [2.45, 2.75) is 13.3 Å². The summed E-state index contributed by atoms with van der Waals surface area (Å²) in [6.07, 6.45) is 9.20. The molecule has 0 radical (unpaired) electrons. The van der Waals surface area contributed by atoms with Crippen LogP contribution in [-0.4, -0.2) is 18.5 Å². The van der Waals surface area contributed by atoms with Crippen LogP contribution in [-0.2, 0) is 0 Å². The van der Waals surface area contributed by atoms with Gasteiger partial charge in [0.1, 0.15) is 5.82 Å². The van der Waals surface area contributed by atoms with Gasteiger partial charge in [0.05, 0.1) is 0 Å². The van der Waals surface area contributed by atoms with E-state index in [0.29, 0.717) is 0 Å². The summed E-state index contributed by atoms with van der Waals surface area (Å²) >= 11 is 0. The second-order valence-corrected chi connectivity index (χ2v) is 2.97. The lowest BCUT2D eigenvalue weighted by Crippen LogP contribution is -2.18. The molecule has 0 saturated carbocycles. The molecular formula is C10H16N2. The van der Waals surface area contributed by atoms with Gasteiger partial charge in [-0.15, -0.1) is 0 Å². The molecule has 0 spiro atoms. The van der Waals surface area contributed by atoms with E-state index >= 15 is 0 Å². The quantitative estimate of drug-likeness (QED) is 0.628. The smallest absolute Gasteiger partial charge is 0.102 e. The van der Waals surface area contributed by atoms with Crippen molar-refractivity contribution < 1.29 is 0 Å². The van der Waals surface area contributed by atoms with Crippen molar-refractivity contribution in [1.82, 2.24) is 4.90 Å². The van der Waals surface area contributed by atoms with E-state index in [1.807, 2.05) is 32.2 Å². The lowest BCUT2D eigenvalue weighted by Gasteiger charge is -2.10. The van der Waals surface area contributed by atoms with Crippen molar-refractivity contribution in [3.8, 4) is 0 Å². The van der Waals surface area contributed by atoms with E-state index in [2.05, 4.69) is 11.0 Å². The van der Waals surface area contributed by atoms with Gasteiger partial charge >= 0.3 is 0 Å². The maximum Gasteiger partial charge on any atom is 0.102 e. The third kappa shape index (κ3) is 1.91. The van der Waals surface area contributed by atoms with Gasteiger partial charge < -0.3 is 10.6 Å². The van der Waals surface area contributed by atoms with Crippen molar-refractivity contribution in [3.05, 3.63) is 35.7 Å². The Hall–Kier alpha value is -1.18.